The highest BCUT2D eigenvalue weighted by molar-refractivity contribution is 5.82. The number of aryl methyl sites for hydroxylation is 1. The van der Waals surface area contributed by atoms with Crippen LogP contribution in [-0.4, -0.2) is 27.6 Å². The van der Waals surface area contributed by atoms with Gasteiger partial charge >= 0.3 is 0 Å². The Kier molecular flexibility index (Phi) is 6.42. The first-order valence-corrected chi connectivity index (χ1v) is 10.5. The van der Waals surface area contributed by atoms with Crippen LogP contribution in [0.1, 0.15) is 63.3 Å². The van der Waals surface area contributed by atoms with Gasteiger partial charge in [0, 0.05) is 12.7 Å². The molecule has 2 heterocycles. The van der Waals surface area contributed by atoms with E-state index in [2.05, 4.69) is 41.3 Å². The maximum Gasteiger partial charge on any atom is 0.226 e. The Labute approximate surface area is 168 Å². The lowest BCUT2D eigenvalue weighted by Crippen LogP contribution is -2.42. The third-order valence-corrected chi connectivity index (χ3v) is 5.82. The molecule has 0 radical (unpaired) electrons. The molecule has 5 nitrogen and oxygen atoms in total. The van der Waals surface area contributed by atoms with Gasteiger partial charge in [-0.3, -0.25) is 9.78 Å². The SMILES string of the molecule is Cc1nnc(-c2ccccn2)c2c1CC(C)(C(=O)NCCC(C)C)CCCC2. The first-order valence-electron chi connectivity index (χ1n) is 10.5. The Morgan fingerprint density at radius 1 is 1.21 bits per heavy atom. The van der Waals surface area contributed by atoms with Gasteiger partial charge in [-0.1, -0.05) is 33.3 Å². The molecular formula is C23H32N4O. The van der Waals surface area contributed by atoms with Gasteiger partial charge in [0.2, 0.25) is 5.91 Å². The molecule has 150 valence electrons. The van der Waals surface area contributed by atoms with Gasteiger partial charge in [0.05, 0.1) is 16.8 Å². The van der Waals surface area contributed by atoms with Crippen LogP contribution < -0.4 is 5.32 Å². The molecule has 2 aromatic rings. The summed E-state index contributed by atoms with van der Waals surface area (Å²) in [5.74, 6) is 0.751. The van der Waals surface area contributed by atoms with Gasteiger partial charge in [0.25, 0.3) is 0 Å². The summed E-state index contributed by atoms with van der Waals surface area (Å²) in [5.41, 5.74) is 4.63. The second-order valence-electron chi connectivity index (χ2n) is 8.69. The zero-order chi connectivity index (χ0) is 20.1. The molecule has 1 aliphatic rings. The fraction of sp³-hybridized carbons (Fsp3) is 0.565. The summed E-state index contributed by atoms with van der Waals surface area (Å²) in [6, 6.07) is 5.87. The summed E-state index contributed by atoms with van der Waals surface area (Å²) in [5, 5.41) is 12.1. The van der Waals surface area contributed by atoms with Gasteiger partial charge in [0.1, 0.15) is 5.69 Å². The molecule has 0 bridgehead atoms. The zero-order valence-electron chi connectivity index (χ0n) is 17.6. The molecule has 28 heavy (non-hydrogen) atoms. The lowest BCUT2D eigenvalue weighted by molar-refractivity contribution is -0.130. The maximum atomic E-state index is 13.1. The first kappa shape index (κ1) is 20.4. The Bertz CT molecular complexity index is 819. The van der Waals surface area contributed by atoms with Crippen molar-refractivity contribution in [3.8, 4) is 11.4 Å². The number of hydrogen-bond acceptors (Lipinski definition) is 4. The second-order valence-corrected chi connectivity index (χ2v) is 8.69. The average Bonchev–Trinajstić information content (AvgIpc) is 2.66. The monoisotopic (exact) mass is 380 g/mol. The van der Waals surface area contributed by atoms with E-state index in [0.717, 1.165) is 55.7 Å². The molecule has 1 aliphatic carbocycles. The van der Waals surface area contributed by atoms with E-state index in [9.17, 15) is 4.79 Å². The zero-order valence-corrected chi connectivity index (χ0v) is 17.6. The van der Waals surface area contributed by atoms with Crippen LogP contribution in [0.15, 0.2) is 24.4 Å². The first-order chi connectivity index (χ1) is 13.4. The summed E-state index contributed by atoms with van der Waals surface area (Å²) in [4.78, 5) is 17.6. The predicted molar refractivity (Wildman–Crippen MR) is 112 cm³/mol. The van der Waals surface area contributed by atoms with Crippen molar-refractivity contribution in [3.63, 3.8) is 0 Å². The van der Waals surface area contributed by atoms with Crippen molar-refractivity contribution in [1.82, 2.24) is 20.5 Å². The summed E-state index contributed by atoms with van der Waals surface area (Å²) in [6.07, 6.45) is 7.45. The largest absolute Gasteiger partial charge is 0.356 e. The van der Waals surface area contributed by atoms with E-state index in [1.807, 2.05) is 25.1 Å². The number of nitrogens with one attached hydrogen (secondary N) is 1. The van der Waals surface area contributed by atoms with Crippen LogP contribution in [0.5, 0.6) is 0 Å². The molecule has 1 unspecified atom stereocenters. The minimum Gasteiger partial charge on any atom is -0.356 e. The van der Waals surface area contributed by atoms with E-state index < -0.39 is 5.41 Å². The van der Waals surface area contributed by atoms with E-state index in [1.54, 1.807) is 6.20 Å². The number of hydrogen-bond donors (Lipinski definition) is 1. The van der Waals surface area contributed by atoms with Crippen LogP contribution in [-0.2, 0) is 17.6 Å². The minimum absolute atomic E-state index is 0.164. The van der Waals surface area contributed by atoms with Crippen molar-refractivity contribution in [2.75, 3.05) is 6.54 Å². The van der Waals surface area contributed by atoms with E-state index in [0.29, 0.717) is 12.3 Å². The molecule has 0 saturated carbocycles. The van der Waals surface area contributed by atoms with Crippen molar-refractivity contribution in [2.24, 2.45) is 11.3 Å². The van der Waals surface area contributed by atoms with Gasteiger partial charge in [-0.15, -0.1) is 5.10 Å². The molecule has 2 aromatic heterocycles. The smallest absolute Gasteiger partial charge is 0.226 e. The number of aromatic nitrogens is 3. The quantitative estimate of drug-likeness (QED) is 0.840. The lowest BCUT2D eigenvalue weighted by atomic mass is 9.74. The highest BCUT2D eigenvalue weighted by Gasteiger charge is 2.36. The molecule has 1 amide bonds. The van der Waals surface area contributed by atoms with Crippen molar-refractivity contribution < 1.29 is 4.79 Å². The maximum absolute atomic E-state index is 13.1. The number of fused-ring (bicyclic) bond motifs is 1. The fourth-order valence-corrected chi connectivity index (χ4v) is 4.00. The van der Waals surface area contributed by atoms with Gasteiger partial charge in [-0.2, -0.15) is 5.10 Å². The van der Waals surface area contributed by atoms with E-state index in [1.165, 1.54) is 11.1 Å². The molecule has 0 aliphatic heterocycles. The highest BCUT2D eigenvalue weighted by atomic mass is 16.2. The Morgan fingerprint density at radius 3 is 2.75 bits per heavy atom. The molecular weight excluding hydrogens is 348 g/mol. The number of rotatable bonds is 5. The van der Waals surface area contributed by atoms with Crippen molar-refractivity contribution in [3.05, 3.63) is 41.2 Å². The van der Waals surface area contributed by atoms with E-state index in [4.69, 9.17) is 0 Å². The number of amides is 1. The Morgan fingerprint density at radius 2 is 2.04 bits per heavy atom. The van der Waals surface area contributed by atoms with Crippen molar-refractivity contribution in [2.45, 2.75) is 66.2 Å². The third-order valence-electron chi connectivity index (χ3n) is 5.82. The normalized spacial score (nSPS) is 19.6. The van der Waals surface area contributed by atoms with Gasteiger partial charge in [-0.05, 0) is 68.2 Å². The van der Waals surface area contributed by atoms with Crippen LogP contribution in [0.3, 0.4) is 0 Å². The molecule has 0 aromatic carbocycles. The molecule has 3 rings (SSSR count). The van der Waals surface area contributed by atoms with Gasteiger partial charge in [0.15, 0.2) is 0 Å². The molecule has 0 spiro atoms. The van der Waals surface area contributed by atoms with Crippen LogP contribution >= 0.6 is 0 Å². The van der Waals surface area contributed by atoms with Crippen LogP contribution in [0.2, 0.25) is 0 Å². The van der Waals surface area contributed by atoms with Crippen LogP contribution in [0.4, 0.5) is 0 Å². The summed E-state index contributed by atoms with van der Waals surface area (Å²) >= 11 is 0. The topological polar surface area (TPSA) is 67.8 Å². The molecule has 0 saturated heterocycles. The third kappa shape index (κ3) is 4.57. The predicted octanol–water partition coefficient (Wildman–Crippen LogP) is 4.28. The van der Waals surface area contributed by atoms with Crippen LogP contribution in [0, 0.1) is 18.3 Å². The number of carbonyl (C=O) groups is 1. The Balaban J connectivity index is 1.93. The fourth-order valence-electron chi connectivity index (χ4n) is 4.00. The lowest BCUT2D eigenvalue weighted by Gasteiger charge is -2.32. The summed E-state index contributed by atoms with van der Waals surface area (Å²) in [6.45, 7) is 9.22. The second kappa shape index (κ2) is 8.80. The minimum atomic E-state index is -0.415. The molecule has 1 atom stereocenters. The Hall–Kier alpha value is -2.30. The highest BCUT2D eigenvalue weighted by Crippen LogP contribution is 2.37. The van der Waals surface area contributed by atoms with Gasteiger partial charge < -0.3 is 5.32 Å². The number of nitrogens with zero attached hydrogens (tertiary/aromatic N) is 3. The standard InChI is InChI=1S/C23H32N4O/c1-16(2)11-14-25-22(28)23(4)12-7-5-9-18-19(15-23)17(3)26-27-21(18)20-10-6-8-13-24-20/h6,8,10,13,16H,5,7,9,11-12,14-15H2,1-4H3,(H,25,28). The average molecular weight is 381 g/mol. The number of carbonyl (C=O) groups excluding carboxylic acids is 1. The van der Waals surface area contributed by atoms with E-state index >= 15 is 0 Å². The van der Waals surface area contributed by atoms with Crippen LogP contribution in [0.25, 0.3) is 11.4 Å². The summed E-state index contributed by atoms with van der Waals surface area (Å²) < 4.78 is 0. The summed E-state index contributed by atoms with van der Waals surface area (Å²) in [7, 11) is 0. The number of pyridine rings is 1. The molecule has 0 fully saturated rings. The molecule has 5 heteroatoms. The van der Waals surface area contributed by atoms with E-state index in [-0.39, 0.29) is 5.91 Å². The van der Waals surface area contributed by atoms with Crippen molar-refractivity contribution in [1.29, 1.82) is 0 Å². The molecule has 1 N–H and O–H groups in total. The van der Waals surface area contributed by atoms with Crippen molar-refractivity contribution >= 4 is 5.91 Å². The van der Waals surface area contributed by atoms with Gasteiger partial charge in [-0.25, -0.2) is 0 Å².